The van der Waals surface area contributed by atoms with Gasteiger partial charge in [-0.1, -0.05) is 38.5 Å². The van der Waals surface area contributed by atoms with Crippen LogP contribution in [0.2, 0.25) is 0 Å². The number of aryl methyl sites for hydroxylation is 1. The lowest BCUT2D eigenvalue weighted by molar-refractivity contribution is -0.139. The summed E-state index contributed by atoms with van der Waals surface area (Å²) in [6.07, 6.45) is 1.09. The Hall–Kier alpha value is -1.96. The molecule has 0 fully saturated rings. The van der Waals surface area contributed by atoms with Gasteiger partial charge in [0.25, 0.3) is 5.91 Å². The van der Waals surface area contributed by atoms with E-state index < -0.39 is 12.0 Å². The predicted octanol–water partition coefficient (Wildman–Crippen LogP) is 2.21. The van der Waals surface area contributed by atoms with Crippen molar-refractivity contribution in [2.24, 2.45) is 0 Å². The number of nitrogens with zero attached hydrogens (tertiary/aromatic N) is 3. The first-order chi connectivity index (χ1) is 10.4. The van der Waals surface area contributed by atoms with Gasteiger partial charge in [0.05, 0.1) is 0 Å². The van der Waals surface area contributed by atoms with E-state index in [0.29, 0.717) is 22.7 Å². The van der Waals surface area contributed by atoms with Crippen LogP contribution >= 0.6 is 11.3 Å². The number of carboxylic acids is 1. The average Bonchev–Trinajstić information content (AvgIpc) is 2.99. The standard InChI is InChI=1S/C14H20N4O3S/c1-5-6-9(13(20)21)15-12(19)10-8(4)18-11(7(2)3)16-17-14(18)22-10/h7,9H,5-6H2,1-4H3,(H,15,19)(H,20,21). The number of aliphatic carboxylic acids is 1. The number of nitrogens with one attached hydrogen (secondary N) is 1. The molecule has 1 atom stereocenters. The van der Waals surface area contributed by atoms with Crippen molar-refractivity contribution in [1.29, 1.82) is 0 Å². The lowest BCUT2D eigenvalue weighted by Crippen LogP contribution is -2.40. The second-order valence-electron chi connectivity index (χ2n) is 5.50. The Bertz CT molecular complexity index is 704. The van der Waals surface area contributed by atoms with Gasteiger partial charge in [-0.05, 0) is 13.3 Å². The van der Waals surface area contributed by atoms with Crippen LogP contribution in [0.5, 0.6) is 0 Å². The Morgan fingerprint density at radius 3 is 2.59 bits per heavy atom. The molecule has 0 radical (unpaired) electrons. The molecule has 2 N–H and O–H groups in total. The molecule has 1 amide bonds. The molecule has 0 aromatic carbocycles. The van der Waals surface area contributed by atoms with Crippen molar-refractivity contribution < 1.29 is 14.7 Å². The molecule has 0 saturated heterocycles. The van der Waals surface area contributed by atoms with Crippen LogP contribution in [0.4, 0.5) is 0 Å². The van der Waals surface area contributed by atoms with Crippen LogP contribution in [0, 0.1) is 6.92 Å². The maximum atomic E-state index is 12.4. The number of fused-ring (bicyclic) bond motifs is 1. The van der Waals surface area contributed by atoms with E-state index >= 15 is 0 Å². The fourth-order valence-electron chi connectivity index (χ4n) is 2.28. The van der Waals surface area contributed by atoms with Crippen LogP contribution < -0.4 is 5.32 Å². The zero-order valence-electron chi connectivity index (χ0n) is 13.1. The average molecular weight is 324 g/mol. The highest BCUT2D eigenvalue weighted by Crippen LogP contribution is 2.25. The summed E-state index contributed by atoms with van der Waals surface area (Å²) in [6.45, 7) is 7.72. The van der Waals surface area contributed by atoms with Crippen molar-refractivity contribution in [2.45, 2.75) is 52.5 Å². The summed E-state index contributed by atoms with van der Waals surface area (Å²) >= 11 is 1.23. The van der Waals surface area contributed by atoms with E-state index in [-0.39, 0.29) is 11.8 Å². The van der Waals surface area contributed by atoms with Crippen molar-refractivity contribution in [3.63, 3.8) is 0 Å². The van der Waals surface area contributed by atoms with Crippen LogP contribution in [0.1, 0.15) is 60.7 Å². The molecule has 8 heteroatoms. The summed E-state index contributed by atoms with van der Waals surface area (Å²) in [5.41, 5.74) is 0.742. The maximum Gasteiger partial charge on any atom is 0.326 e. The molecule has 2 aromatic rings. The summed E-state index contributed by atoms with van der Waals surface area (Å²) in [7, 11) is 0. The molecule has 2 aromatic heterocycles. The molecule has 120 valence electrons. The Kier molecular flexibility index (Phi) is 4.80. The van der Waals surface area contributed by atoms with E-state index in [1.807, 2.05) is 32.1 Å². The van der Waals surface area contributed by atoms with Crippen molar-refractivity contribution in [3.05, 3.63) is 16.4 Å². The first-order valence-electron chi connectivity index (χ1n) is 7.24. The third-order valence-electron chi connectivity index (χ3n) is 3.42. The van der Waals surface area contributed by atoms with Gasteiger partial charge in [0.15, 0.2) is 0 Å². The first kappa shape index (κ1) is 16.4. The van der Waals surface area contributed by atoms with E-state index in [4.69, 9.17) is 5.11 Å². The molecule has 0 bridgehead atoms. The summed E-state index contributed by atoms with van der Waals surface area (Å²) in [5.74, 6) is -0.403. The molecule has 22 heavy (non-hydrogen) atoms. The molecular weight excluding hydrogens is 304 g/mol. The molecule has 0 saturated carbocycles. The van der Waals surface area contributed by atoms with Crippen LogP contribution in [0.3, 0.4) is 0 Å². The SMILES string of the molecule is CCCC(NC(=O)c1sc2nnc(C(C)C)n2c1C)C(=O)O. The number of amides is 1. The highest BCUT2D eigenvalue weighted by Gasteiger charge is 2.24. The molecular formula is C14H20N4O3S. The van der Waals surface area contributed by atoms with Gasteiger partial charge in [-0.15, -0.1) is 10.2 Å². The van der Waals surface area contributed by atoms with Crippen molar-refractivity contribution >= 4 is 28.2 Å². The number of carboxylic acid groups (broad SMARTS) is 1. The number of carbonyl (C=O) groups excluding carboxylic acids is 1. The molecule has 2 rings (SSSR count). The molecule has 0 aliphatic heterocycles. The Morgan fingerprint density at radius 1 is 1.36 bits per heavy atom. The Morgan fingerprint density at radius 2 is 2.05 bits per heavy atom. The summed E-state index contributed by atoms with van der Waals surface area (Å²) in [5, 5.41) is 20.0. The van der Waals surface area contributed by atoms with Crippen molar-refractivity contribution in [1.82, 2.24) is 19.9 Å². The van der Waals surface area contributed by atoms with Gasteiger partial charge >= 0.3 is 5.97 Å². The normalized spacial score (nSPS) is 12.8. The van der Waals surface area contributed by atoms with Crippen LogP contribution in [0.25, 0.3) is 4.96 Å². The minimum atomic E-state index is -1.02. The number of hydrogen-bond donors (Lipinski definition) is 2. The van der Waals surface area contributed by atoms with Gasteiger partial charge in [0.1, 0.15) is 16.7 Å². The van der Waals surface area contributed by atoms with Gasteiger partial charge in [0.2, 0.25) is 4.96 Å². The minimum absolute atomic E-state index is 0.186. The number of carbonyl (C=O) groups is 2. The van der Waals surface area contributed by atoms with E-state index in [9.17, 15) is 9.59 Å². The number of aromatic nitrogens is 3. The monoisotopic (exact) mass is 324 g/mol. The fraction of sp³-hybridized carbons (Fsp3) is 0.571. The molecule has 2 heterocycles. The number of thiazole rings is 1. The summed E-state index contributed by atoms with van der Waals surface area (Å²) < 4.78 is 1.86. The lowest BCUT2D eigenvalue weighted by atomic mass is 10.1. The van der Waals surface area contributed by atoms with E-state index in [1.54, 1.807) is 0 Å². The van der Waals surface area contributed by atoms with E-state index in [2.05, 4.69) is 15.5 Å². The third kappa shape index (κ3) is 2.96. The van der Waals surface area contributed by atoms with Crippen LogP contribution in [-0.4, -0.2) is 37.6 Å². The largest absolute Gasteiger partial charge is 0.480 e. The van der Waals surface area contributed by atoms with Gasteiger partial charge < -0.3 is 10.4 Å². The third-order valence-corrected chi connectivity index (χ3v) is 4.55. The molecule has 0 aliphatic carbocycles. The smallest absolute Gasteiger partial charge is 0.326 e. The Labute approximate surface area is 132 Å². The molecule has 7 nitrogen and oxygen atoms in total. The van der Waals surface area contributed by atoms with Crippen molar-refractivity contribution in [2.75, 3.05) is 0 Å². The highest BCUT2D eigenvalue weighted by atomic mass is 32.1. The van der Waals surface area contributed by atoms with Gasteiger partial charge in [-0.2, -0.15) is 0 Å². The summed E-state index contributed by atoms with van der Waals surface area (Å²) in [6, 6.07) is -0.867. The molecule has 1 unspecified atom stereocenters. The second-order valence-corrected chi connectivity index (χ2v) is 6.48. The van der Waals surface area contributed by atoms with Gasteiger partial charge in [-0.25, -0.2) is 4.79 Å². The molecule has 0 aliphatic rings. The second kappa shape index (κ2) is 6.43. The van der Waals surface area contributed by atoms with Gasteiger partial charge in [0, 0.05) is 11.6 Å². The van der Waals surface area contributed by atoms with E-state index in [0.717, 1.165) is 11.5 Å². The minimum Gasteiger partial charge on any atom is -0.480 e. The van der Waals surface area contributed by atoms with E-state index in [1.165, 1.54) is 11.3 Å². The maximum absolute atomic E-state index is 12.4. The lowest BCUT2D eigenvalue weighted by Gasteiger charge is -2.13. The molecule has 0 spiro atoms. The van der Waals surface area contributed by atoms with Gasteiger partial charge in [-0.3, -0.25) is 9.20 Å². The predicted molar refractivity (Wildman–Crippen MR) is 83.5 cm³/mol. The number of hydrogen-bond acceptors (Lipinski definition) is 5. The fourth-order valence-corrected chi connectivity index (χ4v) is 3.26. The number of rotatable bonds is 6. The highest BCUT2D eigenvalue weighted by molar-refractivity contribution is 7.19. The zero-order valence-corrected chi connectivity index (χ0v) is 13.9. The Balaban J connectivity index is 2.32. The zero-order chi connectivity index (χ0) is 16.4. The van der Waals surface area contributed by atoms with Crippen molar-refractivity contribution in [3.8, 4) is 0 Å². The van der Waals surface area contributed by atoms with Crippen LogP contribution in [-0.2, 0) is 4.79 Å². The quantitative estimate of drug-likeness (QED) is 0.849. The van der Waals surface area contributed by atoms with Crippen LogP contribution in [0.15, 0.2) is 0 Å². The topological polar surface area (TPSA) is 96.6 Å². The first-order valence-corrected chi connectivity index (χ1v) is 8.06. The summed E-state index contributed by atoms with van der Waals surface area (Å²) in [4.78, 5) is 24.7.